The maximum Gasteiger partial charge on any atom is 0.234 e. The van der Waals surface area contributed by atoms with Crippen molar-refractivity contribution in [3.05, 3.63) is 64.1 Å². The number of carbonyl (C=O) groups is 1. The van der Waals surface area contributed by atoms with Gasteiger partial charge in [0.05, 0.1) is 11.4 Å². The zero-order valence-corrected chi connectivity index (χ0v) is 16.6. The minimum atomic E-state index is -0.490. The molecule has 0 bridgehead atoms. The van der Waals surface area contributed by atoms with E-state index in [1.807, 2.05) is 36.6 Å². The second-order valence-corrected chi connectivity index (χ2v) is 7.57. The Bertz CT molecular complexity index is 960. The van der Waals surface area contributed by atoms with E-state index < -0.39 is 5.82 Å². The number of carbonyl (C=O) groups excluding carboxylic acids is 1. The number of nitrogens with zero attached hydrogens (tertiary/aromatic N) is 3. The first-order valence-electron chi connectivity index (χ1n) is 7.79. The third kappa shape index (κ3) is 4.31. The first-order valence-corrected chi connectivity index (χ1v) is 9.57. The molecule has 0 aliphatic heterocycles. The van der Waals surface area contributed by atoms with Crippen molar-refractivity contribution in [1.82, 2.24) is 14.8 Å². The molecular weight excluding hydrogens is 419 g/mol. The summed E-state index contributed by atoms with van der Waals surface area (Å²) in [7, 11) is 0. The molecule has 2 aromatic carbocycles. The fourth-order valence-electron chi connectivity index (χ4n) is 2.28. The molecule has 1 heterocycles. The summed E-state index contributed by atoms with van der Waals surface area (Å²) in [5, 5.41) is 11.2. The van der Waals surface area contributed by atoms with Crippen molar-refractivity contribution < 1.29 is 9.18 Å². The zero-order chi connectivity index (χ0) is 18.7. The number of benzene rings is 2. The topological polar surface area (TPSA) is 59.8 Å². The Hall–Kier alpha value is -2.19. The molecule has 0 aliphatic carbocycles. The molecule has 0 saturated carbocycles. The molecule has 5 nitrogen and oxygen atoms in total. The fourth-order valence-corrected chi connectivity index (χ4v) is 3.34. The average molecular weight is 435 g/mol. The molecule has 0 aliphatic rings. The highest BCUT2D eigenvalue weighted by atomic mass is 79.9. The maximum atomic E-state index is 13.8. The van der Waals surface area contributed by atoms with Crippen LogP contribution in [0.2, 0.25) is 0 Å². The monoisotopic (exact) mass is 434 g/mol. The van der Waals surface area contributed by atoms with Crippen molar-refractivity contribution in [2.24, 2.45) is 0 Å². The van der Waals surface area contributed by atoms with Crippen LogP contribution < -0.4 is 5.32 Å². The normalized spacial score (nSPS) is 10.8. The van der Waals surface area contributed by atoms with Crippen molar-refractivity contribution in [2.45, 2.75) is 19.0 Å². The average Bonchev–Trinajstić information content (AvgIpc) is 3.06. The molecule has 1 N–H and O–H groups in total. The van der Waals surface area contributed by atoms with Gasteiger partial charge in [0, 0.05) is 10.2 Å². The molecule has 1 amide bonds. The van der Waals surface area contributed by atoms with Crippen molar-refractivity contribution in [3.63, 3.8) is 0 Å². The van der Waals surface area contributed by atoms with Crippen molar-refractivity contribution in [2.75, 3.05) is 11.1 Å². The van der Waals surface area contributed by atoms with Crippen molar-refractivity contribution in [1.29, 1.82) is 0 Å². The van der Waals surface area contributed by atoms with Crippen LogP contribution in [-0.2, 0) is 4.79 Å². The van der Waals surface area contributed by atoms with Crippen molar-refractivity contribution >= 4 is 39.3 Å². The summed E-state index contributed by atoms with van der Waals surface area (Å²) in [5.41, 5.74) is 3.44. The van der Waals surface area contributed by atoms with Crippen LogP contribution in [0.1, 0.15) is 11.1 Å². The lowest BCUT2D eigenvalue weighted by molar-refractivity contribution is -0.113. The van der Waals surface area contributed by atoms with E-state index in [0.29, 0.717) is 9.63 Å². The number of rotatable bonds is 5. The first-order chi connectivity index (χ1) is 12.4. The molecule has 134 valence electrons. The summed E-state index contributed by atoms with van der Waals surface area (Å²) in [4.78, 5) is 12.1. The van der Waals surface area contributed by atoms with E-state index in [1.165, 1.54) is 29.5 Å². The molecule has 3 rings (SSSR count). The number of halogens is 2. The van der Waals surface area contributed by atoms with Gasteiger partial charge in [-0.05, 0) is 55.3 Å². The number of thioether (sulfide) groups is 1. The van der Waals surface area contributed by atoms with Crippen LogP contribution in [0, 0.1) is 19.7 Å². The molecular formula is C18H16BrFN4OS. The lowest BCUT2D eigenvalue weighted by Gasteiger charge is -2.09. The summed E-state index contributed by atoms with van der Waals surface area (Å²) in [6, 6.07) is 10.5. The van der Waals surface area contributed by atoms with Gasteiger partial charge in [0.25, 0.3) is 0 Å². The van der Waals surface area contributed by atoms with E-state index in [9.17, 15) is 9.18 Å². The molecule has 0 radical (unpaired) electrons. The zero-order valence-electron chi connectivity index (χ0n) is 14.2. The summed E-state index contributed by atoms with van der Waals surface area (Å²) in [5.74, 6) is -0.708. The Kier molecular flexibility index (Phi) is 5.73. The van der Waals surface area contributed by atoms with Crippen molar-refractivity contribution in [3.8, 4) is 5.69 Å². The third-order valence-electron chi connectivity index (χ3n) is 3.82. The Labute approximate surface area is 163 Å². The molecule has 8 heteroatoms. The lowest BCUT2D eigenvalue weighted by atomic mass is 10.1. The Balaban J connectivity index is 1.68. The largest absolute Gasteiger partial charge is 0.323 e. The molecule has 0 fully saturated rings. The standard InChI is InChI=1S/C18H16BrFN4OS/c1-11-3-5-14(7-12(11)2)24-10-21-23-18(24)26-9-17(25)22-16-6-4-13(19)8-15(16)20/h3-8,10H,9H2,1-2H3,(H,22,25). The van der Waals surface area contributed by atoms with Gasteiger partial charge in [0.1, 0.15) is 12.1 Å². The SMILES string of the molecule is Cc1ccc(-n2cnnc2SCC(=O)Nc2ccc(Br)cc2F)cc1C. The van der Waals surface area contributed by atoms with E-state index in [2.05, 4.69) is 31.4 Å². The van der Waals surface area contributed by atoms with Gasteiger partial charge in [0.2, 0.25) is 5.91 Å². The van der Waals surface area contributed by atoms with Gasteiger partial charge >= 0.3 is 0 Å². The molecule has 0 unspecified atom stereocenters. The molecule has 0 atom stereocenters. The fraction of sp³-hybridized carbons (Fsp3) is 0.167. The minimum absolute atomic E-state index is 0.0963. The number of amides is 1. The van der Waals surface area contributed by atoms with Gasteiger partial charge in [-0.25, -0.2) is 4.39 Å². The quantitative estimate of drug-likeness (QED) is 0.599. The Morgan fingerprint density at radius 1 is 1.23 bits per heavy atom. The number of anilines is 1. The smallest absolute Gasteiger partial charge is 0.234 e. The van der Waals surface area contributed by atoms with Gasteiger partial charge < -0.3 is 5.32 Å². The molecule has 0 spiro atoms. The molecule has 26 heavy (non-hydrogen) atoms. The highest BCUT2D eigenvalue weighted by Gasteiger charge is 2.12. The van der Waals surface area contributed by atoms with Gasteiger partial charge in [-0.2, -0.15) is 0 Å². The predicted octanol–water partition coefficient (Wildman–Crippen LogP) is 4.52. The lowest BCUT2D eigenvalue weighted by Crippen LogP contribution is -2.15. The molecule has 0 saturated heterocycles. The second kappa shape index (κ2) is 8.01. The Morgan fingerprint density at radius 3 is 2.77 bits per heavy atom. The van der Waals surface area contributed by atoms with E-state index in [0.717, 1.165) is 11.3 Å². The van der Waals surface area contributed by atoms with Gasteiger partial charge in [-0.3, -0.25) is 9.36 Å². The second-order valence-electron chi connectivity index (χ2n) is 5.71. The summed E-state index contributed by atoms with van der Waals surface area (Å²) in [6.07, 6.45) is 1.61. The molecule has 1 aromatic heterocycles. The third-order valence-corrected chi connectivity index (χ3v) is 5.26. The number of aromatic nitrogens is 3. The maximum absolute atomic E-state index is 13.8. The van der Waals surface area contributed by atoms with Crippen LogP contribution in [0.15, 0.2) is 52.4 Å². The number of hydrogen-bond acceptors (Lipinski definition) is 4. The van der Waals surface area contributed by atoms with Crippen LogP contribution in [0.25, 0.3) is 5.69 Å². The number of hydrogen-bond donors (Lipinski definition) is 1. The predicted molar refractivity (Wildman–Crippen MR) is 104 cm³/mol. The van der Waals surface area contributed by atoms with Gasteiger partial charge in [0.15, 0.2) is 5.16 Å². The van der Waals surface area contributed by atoms with E-state index in [4.69, 9.17) is 0 Å². The minimum Gasteiger partial charge on any atom is -0.323 e. The van der Waals surface area contributed by atoms with Crippen LogP contribution in [0.4, 0.5) is 10.1 Å². The van der Waals surface area contributed by atoms with E-state index in [1.54, 1.807) is 12.4 Å². The highest BCUT2D eigenvalue weighted by molar-refractivity contribution is 9.10. The highest BCUT2D eigenvalue weighted by Crippen LogP contribution is 2.23. The molecule has 3 aromatic rings. The van der Waals surface area contributed by atoms with Gasteiger partial charge in [-0.1, -0.05) is 33.8 Å². The van der Waals surface area contributed by atoms with Crippen LogP contribution in [0.3, 0.4) is 0 Å². The van der Waals surface area contributed by atoms with E-state index in [-0.39, 0.29) is 17.3 Å². The summed E-state index contributed by atoms with van der Waals surface area (Å²) < 4.78 is 16.2. The van der Waals surface area contributed by atoms with Crippen LogP contribution >= 0.6 is 27.7 Å². The van der Waals surface area contributed by atoms with Crippen LogP contribution in [-0.4, -0.2) is 26.4 Å². The first kappa shape index (κ1) is 18.6. The summed E-state index contributed by atoms with van der Waals surface area (Å²) in [6.45, 7) is 4.09. The van der Waals surface area contributed by atoms with Crippen LogP contribution in [0.5, 0.6) is 0 Å². The van der Waals surface area contributed by atoms with Gasteiger partial charge in [-0.15, -0.1) is 10.2 Å². The Morgan fingerprint density at radius 2 is 2.04 bits per heavy atom. The number of aryl methyl sites for hydroxylation is 2. The van der Waals surface area contributed by atoms with E-state index >= 15 is 0 Å². The number of nitrogens with one attached hydrogen (secondary N) is 1. The summed E-state index contributed by atoms with van der Waals surface area (Å²) >= 11 is 4.42.